The minimum Gasteiger partial charge on any atom is -0.476 e. The van der Waals surface area contributed by atoms with Crippen molar-refractivity contribution in [3.63, 3.8) is 0 Å². The fraction of sp³-hybridized carbons (Fsp3) is 0.294. The molecule has 2 aromatic rings. The zero-order chi connectivity index (χ0) is 17.3. The van der Waals surface area contributed by atoms with Gasteiger partial charge in [-0.15, -0.1) is 0 Å². The Morgan fingerprint density at radius 3 is 2.58 bits per heavy atom. The van der Waals surface area contributed by atoms with Crippen LogP contribution in [-0.4, -0.2) is 38.4 Å². The third kappa shape index (κ3) is 3.10. The standard InChI is InChI=1S/C17H16FN3O3/c1-10-5-15(11-3-2-4-12(18)6-11)21(9-10)16(22)13-7-20-14(8-19-13)17(23)24/h2-4,6-8,10,15H,5,9H2,1H3,(H,23,24). The molecule has 0 aliphatic carbocycles. The maximum absolute atomic E-state index is 13.5. The van der Waals surface area contributed by atoms with E-state index < -0.39 is 5.97 Å². The lowest BCUT2D eigenvalue weighted by Crippen LogP contribution is -2.32. The fourth-order valence-electron chi connectivity index (χ4n) is 3.00. The van der Waals surface area contributed by atoms with Gasteiger partial charge in [-0.1, -0.05) is 19.1 Å². The average molecular weight is 329 g/mol. The third-order valence-corrected chi connectivity index (χ3v) is 4.09. The zero-order valence-corrected chi connectivity index (χ0v) is 13.0. The molecule has 2 unspecified atom stereocenters. The summed E-state index contributed by atoms with van der Waals surface area (Å²) in [6.45, 7) is 2.56. The molecule has 1 amide bonds. The monoisotopic (exact) mass is 329 g/mol. The smallest absolute Gasteiger partial charge is 0.356 e. The summed E-state index contributed by atoms with van der Waals surface area (Å²) in [5.74, 6) is -1.61. The second kappa shape index (κ2) is 6.35. The van der Waals surface area contributed by atoms with E-state index in [9.17, 15) is 14.0 Å². The van der Waals surface area contributed by atoms with Crippen LogP contribution in [0, 0.1) is 11.7 Å². The first-order valence-electron chi connectivity index (χ1n) is 7.57. The number of halogens is 1. The molecule has 0 bridgehead atoms. The van der Waals surface area contributed by atoms with Gasteiger partial charge in [-0.3, -0.25) is 4.79 Å². The molecular formula is C17H16FN3O3. The first-order chi connectivity index (χ1) is 11.5. The molecule has 1 aliphatic heterocycles. The highest BCUT2D eigenvalue weighted by molar-refractivity contribution is 5.93. The molecular weight excluding hydrogens is 313 g/mol. The van der Waals surface area contributed by atoms with E-state index in [0.717, 1.165) is 24.4 Å². The number of aromatic nitrogens is 2. The molecule has 7 heteroatoms. The van der Waals surface area contributed by atoms with Gasteiger partial charge < -0.3 is 10.0 Å². The number of hydrogen-bond donors (Lipinski definition) is 1. The van der Waals surface area contributed by atoms with E-state index in [4.69, 9.17) is 5.11 Å². The van der Waals surface area contributed by atoms with Crippen LogP contribution in [0.5, 0.6) is 0 Å². The number of rotatable bonds is 3. The van der Waals surface area contributed by atoms with Crippen molar-refractivity contribution in [1.29, 1.82) is 0 Å². The minimum absolute atomic E-state index is 0.0792. The number of carboxylic acids is 1. The number of carbonyl (C=O) groups excluding carboxylic acids is 1. The molecule has 1 aromatic heterocycles. The fourth-order valence-corrected chi connectivity index (χ4v) is 3.00. The van der Waals surface area contributed by atoms with Crippen LogP contribution < -0.4 is 0 Å². The van der Waals surface area contributed by atoms with Crippen molar-refractivity contribution in [2.24, 2.45) is 5.92 Å². The van der Waals surface area contributed by atoms with E-state index >= 15 is 0 Å². The third-order valence-electron chi connectivity index (χ3n) is 4.09. The molecule has 0 saturated carbocycles. The number of likely N-dealkylation sites (tertiary alicyclic amines) is 1. The Balaban J connectivity index is 1.88. The van der Waals surface area contributed by atoms with Crippen molar-refractivity contribution >= 4 is 11.9 Å². The van der Waals surface area contributed by atoms with Gasteiger partial charge >= 0.3 is 5.97 Å². The molecule has 1 saturated heterocycles. The first kappa shape index (κ1) is 16.0. The number of benzene rings is 1. The van der Waals surface area contributed by atoms with Crippen LogP contribution in [0.3, 0.4) is 0 Å². The summed E-state index contributed by atoms with van der Waals surface area (Å²) in [7, 11) is 0. The van der Waals surface area contributed by atoms with Gasteiger partial charge in [-0.25, -0.2) is 19.2 Å². The molecule has 124 valence electrons. The average Bonchev–Trinajstić information content (AvgIpc) is 2.96. The zero-order valence-electron chi connectivity index (χ0n) is 13.0. The van der Waals surface area contributed by atoms with E-state index in [1.165, 1.54) is 12.1 Å². The maximum Gasteiger partial charge on any atom is 0.356 e. The molecule has 1 aromatic carbocycles. The van der Waals surface area contributed by atoms with Crippen molar-refractivity contribution in [3.8, 4) is 0 Å². The summed E-state index contributed by atoms with van der Waals surface area (Å²) in [6.07, 6.45) is 2.96. The lowest BCUT2D eigenvalue weighted by atomic mass is 10.0. The summed E-state index contributed by atoms with van der Waals surface area (Å²) in [6, 6.07) is 5.99. The van der Waals surface area contributed by atoms with Gasteiger partial charge in [-0.2, -0.15) is 0 Å². The number of carbonyl (C=O) groups is 2. The summed E-state index contributed by atoms with van der Waals surface area (Å²) >= 11 is 0. The Labute approximate surface area is 138 Å². The Morgan fingerprint density at radius 2 is 1.96 bits per heavy atom. The molecule has 2 atom stereocenters. The van der Waals surface area contributed by atoms with Crippen LogP contribution in [0.25, 0.3) is 0 Å². The van der Waals surface area contributed by atoms with Gasteiger partial charge in [-0.05, 0) is 30.0 Å². The maximum atomic E-state index is 13.5. The highest BCUT2D eigenvalue weighted by atomic mass is 19.1. The van der Waals surface area contributed by atoms with Crippen LogP contribution in [0.15, 0.2) is 36.7 Å². The lowest BCUT2D eigenvalue weighted by molar-refractivity contribution is 0.0683. The van der Waals surface area contributed by atoms with Crippen LogP contribution in [0.1, 0.15) is 45.9 Å². The molecule has 1 fully saturated rings. The van der Waals surface area contributed by atoms with Crippen LogP contribution in [0.4, 0.5) is 4.39 Å². The van der Waals surface area contributed by atoms with Crippen molar-refractivity contribution < 1.29 is 19.1 Å². The van der Waals surface area contributed by atoms with Crippen LogP contribution in [0.2, 0.25) is 0 Å². The summed E-state index contributed by atoms with van der Waals surface area (Å²) < 4.78 is 13.5. The predicted octanol–water partition coefficient (Wildman–Crippen LogP) is 2.54. The summed E-state index contributed by atoms with van der Waals surface area (Å²) in [5.41, 5.74) is 0.598. The summed E-state index contributed by atoms with van der Waals surface area (Å²) in [4.78, 5) is 32.8. The Hall–Kier alpha value is -2.83. The molecule has 1 aliphatic rings. The molecule has 1 N–H and O–H groups in total. The van der Waals surface area contributed by atoms with Crippen molar-refractivity contribution in [1.82, 2.24) is 14.9 Å². The van der Waals surface area contributed by atoms with Gasteiger partial charge in [0.2, 0.25) is 0 Å². The Kier molecular flexibility index (Phi) is 4.24. The summed E-state index contributed by atoms with van der Waals surface area (Å²) in [5, 5.41) is 8.84. The quantitative estimate of drug-likeness (QED) is 0.935. The number of aromatic carboxylic acids is 1. The van der Waals surface area contributed by atoms with Crippen molar-refractivity contribution in [2.45, 2.75) is 19.4 Å². The second-order valence-electron chi connectivity index (χ2n) is 5.96. The Bertz CT molecular complexity index is 779. The highest BCUT2D eigenvalue weighted by Crippen LogP contribution is 2.36. The second-order valence-corrected chi connectivity index (χ2v) is 5.96. The van der Waals surface area contributed by atoms with E-state index in [1.807, 2.05) is 6.92 Å². The van der Waals surface area contributed by atoms with Gasteiger partial charge in [0.15, 0.2) is 5.69 Å². The molecule has 2 heterocycles. The number of hydrogen-bond acceptors (Lipinski definition) is 4. The topological polar surface area (TPSA) is 83.4 Å². The van der Waals surface area contributed by atoms with Gasteiger partial charge in [0.25, 0.3) is 5.91 Å². The number of amides is 1. The highest BCUT2D eigenvalue weighted by Gasteiger charge is 2.35. The largest absolute Gasteiger partial charge is 0.476 e. The van der Waals surface area contributed by atoms with Crippen LogP contribution >= 0.6 is 0 Å². The van der Waals surface area contributed by atoms with E-state index in [2.05, 4.69) is 9.97 Å². The first-order valence-corrected chi connectivity index (χ1v) is 7.57. The molecule has 0 radical (unpaired) electrons. The SMILES string of the molecule is CC1CC(c2cccc(F)c2)N(C(=O)c2cnc(C(=O)O)cn2)C1. The molecule has 24 heavy (non-hydrogen) atoms. The molecule has 6 nitrogen and oxygen atoms in total. The molecule has 0 spiro atoms. The normalized spacial score (nSPS) is 20.2. The minimum atomic E-state index is -1.20. The van der Waals surface area contributed by atoms with Gasteiger partial charge in [0.1, 0.15) is 11.5 Å². The number of carboxylic acid groups (broad SMARTS) is 1. The van der Waals surface area contributed by atoms with Crippen LogP contribution in [-0.2, 0) is 0 Å². The van der Waals surface area contributed by atoms with Crippen molar-refractivity contribution in [3.05, 3.63) is 59.4 Å². The van der Waals surface area contributed by atoms with Gasteiger partial charge in [0, 0.05) is 6.54 Å². The van der Waals surface area contributed by atoms with E-state index in [0.29, 0.717) is 6.54 Å². The molecule has 3 rings (SSSR count). The van der Waals surface area contributed by atoms with E-state index in [1.54, 1.807) is 17.0 Å². The number of nitrogens with zero attached hydrogens (tertiary/aromatic N) is 3. The predicted molar refractivity (Wildman–Crippen MR) is 82.9 cm³/mol. The van der Waals surface area contributed by atoms with Crippen molar-refractivity contribution in [2.75, 3.05) is 6.54 Å². The Morgan fingerprint density at radius 1 is 1.25 bits per heavy atom. The van der Waals surface area contributed by atoms with Gasteiger partial charge in [0.05, 0.1) is 18.4 Å². The van der Waals surface area contributed by atoms with E-state index in [-0.39, 0.29) is 35.1 Å². The lowest BCUT2D eigenvalue weighted by Gasteiger charge is -2.24.